The van der Waals surface area contributed by atoms with E-state index >= 15 is 0 Å². The maximum Gasteiger partial charge on any atom is 0.230 e. The van der Waals surface area contributed by atoms with E-state index in [-0.39, 0.29) is 16.6 Å². The third kappa shape index (κ3) is 4.37. The summed E-state index contributed by atoms with van der Waals surface area (Å²) in [5, 5.41) is 1.87. The quantitative estimate of drug-likeness (QED) is 0.432. The smallest absolute Gasteiger partial charge is 0.230 e. The van der Waals surface area contributed by atoms with Crippen molar-refractivity contribution in [2.75, 3.05) is 4.90 Å². The molecule has 1 amide bonds. The molecule has 142 valence electrons. The van der Waals surface area contributed by atoms with Crippen LogP contribution in [0.4, 0.5) is 19.6 Å². The molecule has 0 unspecified atom stereocenters. The van der Waals surface area contributed by atoms with Gasteiger partial charge in [0, 0.05) is 23.9 Å². The van der Waals surface area contributed by atoms with Crippen molar-refractivity contribution in [3.63, 3.8) is 0 Å². The van der Waals surface area contributed by atoms with Crippen LogP contribution in [0.25, 0.3) is 6.08 Å². The largest absolute Gasteiger partial charge is 0.289 e. The van der Waals surface area contributed by atoms with E-state index in [1.54, 1.807) is 17.5 Å². The Bertz CT molecular complexity index is 1060. The second kappa shape index (κ2) is 8.22. The van der Waals surface area contributed by atoms with Crippen LogP contribution in [0.2, 0.25) is 0 Å². The maximum atomic E-state index is 14.1. The van der Waals surface area contributed by atoms with Crippen LogP contribution in [0.15, 0.2) is 53.9 Å². The Balaban J connectivity index is 1.84. The molecule has 0 N–H and O–H groups in total. The molecule has 1 aromatic heterocycles. The van der Waals surface area contributed by atoms with Crippen LogP contribution in [-0.4, -0.2) is 16.7 Å². The van der Waals surface area contributed by atoms with Crippen molar-refractivity contribution in [3.8, 4) is 0 Å². The van der Waals surface area contributed by atoms with Gasteiger partial charge in [-0.1, -0.05) is 29.8 Å². The summed E-state index contributed by atoms with van der Waals surface area (Å²) in [6.07, 6.45) is 2.92. The third-order valence-corrected chi connectivity index (χ3v) is 4.75. The Labute approximate surface area is 164 Å². The SMILES string of the molecule is CC(=O)N(c1nc(/C=C/C(=O)c2ccc(C)cc2)cs1)c1ccc(F)cc1F. The number of amides is 1. The summed E-state index contributed by atoms with van der Waals surface area (Å²) < 4.78 is 27.3. The maximum absolute atomic E-state index is 14.1. The number of thiazole rings is 1. The Kier molecular flexibility index (Phi) is 5.75. The minimum atomic E-state index is -0.864. The Morgan fingerprint density at radius 3 is 2.46 bits per heavy atom. The molecule has 0 aliphatic carbocycles. The lowest BCUT2D eigenvalue weighted by Gasteiger charge is -2.18. The van der Waals surface area contributed by atoms with Gasteiger partial charge < -0.3 is 0 Å². The van der Waals surface area contributed by atoms with Crippen LogP contribution in [0.5, 0.6) is 0 Å². The van der Waals surface area contributed by atoms with E-state index in [9.17, 15) is 18.4 Å². The van der Waals surface area contributed by atoms with Crippen LogP contribution < -0.4 is 4.90 Å². The molecule has 4 nitrogen and oxygen atoms in total. The number of hydrogen-bond donors (Lipinski definition) is 0. The lowest BCUT2D eigenvalue weighted by Crippen LogP contribution is -2.23. The molecule has 0 saturated heterocycles. The first kappa shape index (κ1) is 19.6. The summed E-state index contributed by atoms with van der Waals surface area (Å²) in [7, 11) is 0. The van der Waals surface area contributed by atoms with Gasteiger partial charge in [0.25, 0.3) is 0 Å². The van der Waals surface area contributed by atoms with Crippen LogP contribution >= 0.6 is 11.3 Å². The average Bonchev–Trinajstić information content (AvgIpc) is 3.10. The number of rotatable bonds is 5. The lowest BCUT2D eigenvalue weighted by molar-refractivity contribution is -0.115. The zero-order valence-corrected chi connectivity index (χ0v) is 16.0. The van der Waals surface area contributed by atoms with Crippen molar-refractivity contribution in [2.45, 2.75) is 13.8 Å². The van der Waals surface area contributed by atoms with Crippen molar-refractivity contribution in [3.05, 3.63) is 82.4 Å². The van der Waals surface area contributed by atoms with Gasteiger partial charge in [-0.15, -0.1) is 11.3 Å². The molecule has 3 rings (SSSR count). The van der Waals surface area contributed by atoms with E-state index in [0.29, 0.717) is 17.3 Å². The number of halogens is 2. The van der Waals surface area contributed by atoms with Gasteiger partial charge in [0.1, 0.15) is 11.6 Å². The first-order valence-electron chi connectivity index (χ1n) is 8.35. The van der Waals surface area contributed by atoms with Gasteiger partial charge in [-0.3, -0.25) is 14.5 Å². The number of nitrogens with zero attached hydrogens (tertiary/aromatic N) is 2. The molecule has 7 heteroatoms. The number of carbonyl (C=O) groups is 2. The number of aryl methyl sites for hydroxylation is 1. The summed E-state index contributed by atoms with van der Waals surface area (Å²) >= 11 is 1.11. The number of anilines is 2. The van der Waals surface area contributed by atoms with Gasteiger partial charge in [-0.2, -0.15) is 0 Å². The fourth-order valence-corrected chi connectivity index (χ4v) is 3.35. The number of ketones is 1. The predicted octanol–water partition coefficient (Wildman–Crippen LogP) is 5.31. The zero-order valence-electron chi connectivity index (χ0n) is 15.1. The topological polar surface area (TPSA) is 50.3 Å². The molecular formula is C21H16F2N2O2S. The van der Waals surface area contributed by atoms with E-state index < -0.39 is 17.5 Å². The zero-order chi connectivity index (χ0) is 20.3. The van der Waals surface area contributed by atoms with E-state index in [1.165, 1.54) is 25.1 Å². The molecule has 0 fully saturated rings. The first-order chi connectivity index (χ1) is 13.3. The Morgan fingerprint density at radius 1 is 1.11 bits per heavy atom. The number of carbonyl (C=O) groups excluding carboxylic acids is 2. The third-order valence-electron chi connectivity index (χ3n) is 3.91. The molecule has 0 atom stereocenters. The predicted molar refractivity (Wildman–Crippen MR) is 106 cm³/mol. The molecule has 0 spiro atoms. The summed E-state index contributed by atoms with van der Waals surface area (Å²) in [4.78, 5) is 29.6. The van der Waals surface area contributed by atoms with E-state index in [0.717, 1.165) is 27.9 Å². The van der Waals surface area contributed by atoms with Gasteiger partial charge >= 0.3 is 0 Å². The van der Waals surface area contributed by atoms with Gasteiger partial charge in [0.2, 0.25) is 5.91 Å². The van der Waals surface area contributed by atoms with Crippen molar-refractivity contribution < 1.29 is 18.4 Å². The van der Waals surface area contributed by atoms with E-state index in [2.05, 4.69) is 4.98 Å². The number of allylic oxidation sites excluding steroid dienone is 1. The molecule has 0 aliphatic heterocycles. The van der Waals surface area contributed by atoms with Gasteiger partial charge in [0.15, 0.2) is 10.9 Å². The van der Waals surface area contributed by atoms with Crippen molar-refractivity contribution in [1.82, 2.24) is 4.98 Å². The fourth-order valence-electron chi connectivity index (χ4n) is 2.50. The van der Waals surface area contributed by atoms with Crippen molar-refractivity contribution in [1.29, 1.82) is 0 Å². The van der Waals surface area contributed by atoms with E-state index in [4.69, 9.17) is 0 Å². The van der Waals surface area contributed by atoms with Gasteiger partial charge in [-0.05, 0) is 31.2 Å². The molecule has 0 saturated carbocycles. The first-order valence-corrected chi connectivity index (χ1v) is 9.23. The average molecular weight is 398 g/mol. The molecule has 0 aliphatic rings. The highest BCUT2D eigenvalue weighted by Gasteiger charge is 2.21. The summed E-state index contributed by atoms with van der Waals surface area (Å²) in [6, 6.07) is 10.1. The molecule has 28 heavy (non-hydrogen) atoms. The highest BCUT2D eigenvalue weighted by atomic mass is 32.1. The van der Waals surface area contributed by atoms with Crippen LogP contribution in [0, 0.1) is 18.6 Å². The normalized spacial score (nSPS) is 11.0. The number of aromatic nitrogens is 1. The lowest BCUT2D eigenvalue weighted by atomic mass is 10.1. The van der Waals surface area contributed by atoms with Crippen molar-refractivity contribution in [2.24, 2.45) is 0 Å². The van der Waals surface area contributed by atoms with Crippen molar-refractivity contribution >= 4 is 39.9 Å². The van der Waals surface area contributed by atoms with Crippen LogP contribution in [0.3, 0.4) is 0 Å². The van der Waals surface area contributed by atoms with Gasteiger partial charge in [-0.25, -0.2) is 13.8 Å². The highest BCUT2D eigenvalue weighted by Crippen LogP contribution is 2.31. The molecule has 3 aromatic rings. The molecule has 1 heterocycles. The van der Waals surface area contributed by atoms with Gasteiger partial charge in [0.05, 0.1) is 11.4 Å². The molecule has 2 aromatic carbocycles. The number of hydrogen-bond acceptors (Lipinski definition) is 4. The fraction of sp³-hybridized carbons (Fsp3) is 0.0952. The second-order valence-corrected chi connectivity index (χ2v) is 6.91. The standard InChI is InChI=1S/C21H16F2N2O2S/c1-13-3-5-15(6-4-13)20(27)10-8-17-12-28-21(24-17)25(14(2)26)19-9-7-16(22)11-18(19)23/h3-12H,1-2H3/b10-8+. The monoisotopic (exact) mass is 398 g/mol. The van der Waals surface area contributed by atoms with Crippen LogP contribution in [0.1, 0.15) is 28.5 Å². The molecular weight excluding hydrogens is 382 g/mol. The minimum absolute atomic E-state index is 0.0884. The van der Waals surface area contributed by atoms with E-state index in [1.807, 2.05) is 19.1 Å². The summed E-state index contributed by atoms with van der Waals surface area (Å²) in [5.41, 5.74) is 1.97. The minimum Gasteiger partial charge on any atom is -0.289 e. The Hall–Kier alpha value is -3.19. The molecule has 0 bridgehead atoms. The second-order valence-electron chi connectivity index (χ2n) is 6.07. The Morgan fingerprint density at radius 2 is 1.82 bits per heavy atom. The summed E-state index contributed by atoms with van der Waals surface area (Å²) in [5.74, 6) is -2.24. The summed E-state index contributed by atoms with van der Waals surface area (Å²) in [6.45, 7) is 3.20. The highest BCUT2D eigenvalue weighted by molar-refractivity contribution is 7.14. The number of benzene rings is 2. The molecule has 0 radical (unpaired) electrons. The van der Waals surface area contributed by atoms with Crippen LogP contribution in [-0.2, 0) is 4.79 Å².